The molecule has 0 radical (unpaired) electrons. The molecule has 0 fully saturated rings. The fourth-order valence-electron chi connectivity index (χ4n) is 1.43. The first-order chi connectivity index (χ1) is 7.86. The molecule has 1 aromatic carbocycles. The number of likely N-dealkylation sites (N-methyl/N-ethyl adjacent to an activating group) is 1. The molecule has 1 aromatic rings. The van der Waals surface area contributed by atoms with E-state index in [4.69, 9.17) is 0 Å². The van der Waals surface area contributed by atoms with E-state index >= 15 is 0 Å². The molecule has 0 unspecified atom stereocenters. The minimum Gasteiger partial charge on any atom is -0.294 e. The van der Waals surface area contributed by atoms with E-state index in [0.29, 0.717) is 6.54 Å². The molecule has 0 aliphatic heterocycles. The summed E-state index contributed by atoms with van der Waals surface area (Å²) in [5, 5.41) is 0. The highest BCUT2D eigenvalue weighted by atomic mass is 79.9. The molecule has 2 nitrogen and oxygen atoms in total. The van der Waals surface area contributed by atoms with Gasteiger partial charge in [-0.15, -0.1) is 0 Å². The van der Waals surface area contributed by atoms with Crippen LogP contribution in [0, 0.1) is 0 Å². The average Bonchev–Trinajstić information content (AvgIpc) is 2.29. The number of benzene rings is 1. The molecule has 0 atom stereocenters. The Morgan fingerprint density at radius 1 is 1.29 bits per heavy atom. The third-order valence-corrected chi connectivity index (χ3v) is 3.97. The lowest BCUT2D eigenvalue weighted by Crippen LogP contribution is -2.43. The van der Waals surface area contributed by atoms with Crippen LogP contribution in [0.2, 0.25) is 0 Å². The van der Waals surface area contributed by atoms with Crippen LogP contribution in [0.5, 0.6) is 0 Å². The quantitative estimate of drug-likeness (QED) is 0.772. The van der Waals surface area contributed by atoms with Crippen LogP contribution in [0.1, 0.15) is 37.6 Å². The number of Topliss-reactive ketones (excluding diaryl/α,β-unsaturated/α-hetero) is 1. The molecule has 0 bridgehead atoms. The summed E-state index contributed by atoms with van der Waals surface area (Å²) in [6.45, 7) is 6.91. The van der Waals surface area contributed by atoms with Gasteiger partial charge in [0.1, 0.15) is 0 Å². The summed E-state index contributed by atoms with van der Waals surface area (Å²) >= 11 is 3.37. The fraction of sp³-hybridized carbons (Fsp3) is 0.500. The van der Waals surface area contributed by atoms with Gasteiger partial charge < -0.3 is 0 Å². The van der Waals surface area contributed by atoms with Crippen molar-refractivity contribution in [3.8, 4) is 0 Å². The van der Waals surface area contributed by atoms with E-state index in [-0.39, 0.29) is 11.3 Å². The first-order valence-electron chi connectivity index (χ1n) is 5.87. The van der Waals surface area contributed by atoms with Crippen LogP contribution in [0.4, 0.5) is 0 Å². The summed E-state index contributed by atoms with van der Waals surface area (Å²) in [6.07, 6.45) is 1.02. The van der Waals surface area contributed by atoms with Gasteiger partial charge in [-0.3, -0.25) is 9.69 Å². The van der Waals surface area contributed by atoms with Crippen LogP contribution in [0.3, 0.4) is 0 Å². The SMILES string of the molecule is CCC(C)(C)N(C)CC(=O)c1ccc(Br)cc1. The molecule has 0 aliphatic rings. The van der Waals surface area contributed by atoms with Crippen molar-refractivity contribution < 1.29 is 4.79 Å². The zero-order valence-electron chi connectivity index (χ0n) is 11.0. The van der Waals surface area contributed by atoms with Crippen LogP contribution < -0.4 is 0 Å². The lowest BCUT2D eigenvalue weighted by molar-refractivity contribution is 0.0847. The number of hydrogen-bond donors (Lipinski definition) is 0. The van der Waals surface area contributed by atoms with Crippen molar-refractivity contribution in [2.75, 3.05) is 13.6 Å². The monoisotopic (exact) mass is 297 g/mol. The van der Waals surface area contributed by atoms with Gasteiger partial charge >= 0.3 is 0 Å². The average molecular weight is 298 g/mol. The number of carbonyl (C=O) groups is 1. The summed E-state index contributed by atoms with van der Waals surface area (Å²) in [7, 11) is 2.00. The Balaban J connectivity index is 2.70. The lowest BCUT2D eigenvalue weighted by Gasteiger charge is -2.34. The van der Waals surface area contributed by atoms with E-state index in [1.807, 2.05) is 31.3 Å². The van der Waals surface area contributed by atoms with E-state index < -0.39 is 0 Å². The highest BCUT2D eigenvalue weighted by Crippen LogP contribution is 2.17. The normalized spacial score (nSPS) is 11.9. The van der Waals surface area contributed by atoms with E-state index in [2.05, 4.69) is 41.6 Å². The maximum absolute atomic E-state index is 12.1. The molecule has 0 heterocycles. The molecule has 0 amide bonds. The standard InChI is InChI=1S/C14H20BrNO/c1-5-14(2,3)16(4)10-13(17)11-6-8-12(15)9-7-11/h6-9H,5,10H2,1-4H3. The van der Waals surface area contributed by atoms with Crippen LogP contribution in [-0.4, -0.2) is 29.8 Å². The Hall–Kier alpha value is -0.670. The fourth-order valence-corrected chi connectivity index (χ4v) is 1.69. The smallest absolute Gasteiger partial charge is 0.176 e. The third-order valence-electron chi connectivity index (χ3n) is 3.45. The maximum atomic E-state index is 12.1. The molecule has 0 aromatic heterocycles. The first-order valence-corrected chi connectivity index (χ1v) is 6.66. The molecule has 0 saturated carbocycles. The topological polar surface area (TPSA) is 20.3 Å². The van der Waals surface area contributed by atoms with Crippen molar-refractivity contribution in [3.05, 3.63) is 34.3 Å². The number of rotatable bonds is 5. The molecule has 0 spiro atoms. The van der Waals surface area contributed by atoms with Gasteiger partial charge in [-0.05, 0) is 39.4 Å². The number of hydrogen-bond acceptors (Lipinski definition) is 2. The molecular formula is C14H20BrNO. The molecule has 94 valence electrons. The van der Waals surface area contributed by atoms with Crippen LogP contribution in [-0.2, 0) is 0 Å². The van der Waals surface area contributed by atoms with Gasteiger partial charge in [0.2, 0.25) is 0 Å². The minimum atomic E-state index is 0.0605. The van der Waals surface area contributed by atoms with E-state index in [0.717, 1.165) is 16.5 Å². The minimum absolute atomic E-state index is 0.0605. The second-order valence-electron chi connectivity index (χ2n) is 4.95. The van der Waals surface area contributed by atoms with Crippen LogP contribution >= 0.6 is 15.9 Å². The predicted octanol–water partition coefficient (Wildman–Crippen LogP) is 3.75. The molecule has 0 N–H and O–H groups in total. The van der Waals surface area contributed by atoms with Gasteiger partial charge in [-0.2, -0.15) is 0 Å². The number of halogens is 1. The van der Waals surface area contributed by atoms with Gasteiger partial charge in [0.05, 0.1) is 6.54 Å². The second kappa shape index (κ2) is 5.78. The summed E-state index contributed by atoms with van der Waals surface area (Å²) in [6, 6.07) is 7.52. The van der Waals surface area contributed by atoms with Gasteiger partial charge in [0.15, 0.2) is 5.78 Å². The van der Waals surface area contributed by atoms with E-state index in [9.17, 15) is 4.79 Å². The highest BCUT2D eigenvalue weighted by Gasteiger charge is 2.23. The summed E-state index contributed by atoms with van der Waals surface area (Å²) in [5.74, 6) is 0.168. The van der Waals surface area contributed by atoms with Gasteiger partial charge in [-0.25, -0.2) is 0 Å². The highest BCUT2D eigenvalue weighted by molar-refractivity contribution is 9.10. The van der Waals surface area contributed by atoms with Gasteiger partial charge in [0.25, 0.3) is 0 Å². The Morgan fingerprint density at radius 3 is 2.29 bits per heavy atom. The number of ketones is 1. The predicted molar refractivity (Wildman–Crippen MR) is 75.5 cm³/mol. The van der Waals surface area contributed by atoms with E-state index in [1.54, 1.807) is 0 Å². The lowest BCUT2D eigenvalue weighted by atomic mass is 9.99. The van der Waals surface area contributed by atoms with Crippen molar-refractivity contribution in [2.24, 2.45) is 0 Å². The van der Waals surface area contributed by atoms with Crippen molar-refractivity contribution in [3.63, 3.8) is 0 Å². The number of nitrogens with zero attached hydrogens (tertiary/aromatic N) is 1. The maximum Gasteiger partial charge on any atom is 0.176 e. The first kappa shape index (κ1) is 14.4. The largest absolute Gasteiger partial charge is 0.294 e. The summed E-state index contributed by atoms with van der Waals surface area (Å²) in [4.78, 5) is 14.2. The molecule has 0 saturated heterocycles. The second-order valence-corrected chi connectivity index (χ2v) is 5.87. The van der Waals surface area contributed by atoms with Crippen molar-refractivity contribution >= 4 is 21.7 Å². The third kappa shape index (κ3) is 3.93. The van der Waals surface area contributed by atoms with Crippen molar-refractivity contribution in [1.82, 2.24) is 4.90 Å². The zero-order valence-corrected chi connectivity index (χ0v) is 12.5. The van der Waals surface area contributed by atoms with Crippen LogP contribution in [0.25, 0.3) is 0 Å². The molecule has 0 aliphatic carbocycles. The van der Waals surface area contributed by atoms with Gasteiger partial charge in [-0.1, -0.05) is 35.0 Å². The molecule has 3 heteroatoms. The summed E-state index contributed by atoms with van der Waals surface area (Å²) < 4.78 is 0.997. The molecular weight excluding hydrogens is 278 g/mol. The molecule has 17 heavy (non-hydrogen) atoms. The van der Waals surface area contributed by atoms with E-state index in [1.165, 1.54) is 0 Å². The number of carbonyl (C=O) groups excluding carboxylic acids is 1. The summed E-state index contributed by atoms with van der Waals surface area (Å²) in [5.41, 5.74) is 0.831. The Labute approximate surface area is 112 Å². The Kier molecular flexibility index (Phi) is 4.90. The molecule has 1 rings (SSSR count). The van der Waals surface area contributed by atoms with Crippen LogP contribution in [0.15, 0.2) is 28.7 Å². The van der Waals surface area contributed by atoms with Crippen molar-refractivity contribution in [2.45, 2.75) is 32.7 Å². The van der Waals surface area contributed by atoms with Gasteiger partial charge in [0, 0.05) is 15.6 Å². The zero-order chi connectivity index (χ0) is 13.1. The van der Waals surface area contributed by atoms with Crippen molar-refractivity contribution in [1.29, 1.82) is 0 Å². The Bertz CT molecular complexity index is 384. The Morgan fingerprint density at radius 2 is 1.82 bits per heavy atom.